The Labute approximate surface area is 170 Å². The molecule has 29 heavy (non-hydrogen) atoms. The fraction of sp³-hybridized carbons (Fsp3) is 0.304. The van der Waals surface area contributed by atoms with E-state index in [9.17, 15) is 9.59 Å². The fourth-order valence-electron chi connectivity index (χ4n) is 3.32. The predicted octanol–water partition coefficient (Wildman–Crippen LogP) is 3.33. The first-order chi connectivity index (χ1) is 14.1. The number of hydrogen-bond donors (Lipinski definition) is 0. The largest absolute Gasteiger partial charge is 0.493 e. The van der Waals surface area contributed by atoms with Gasteiger partial charge in [0.25, 0.3) is 5.91 Å². The molecule has 0 aromatic heterocycles. The number of anilines is 1. The van der Waals surface area contributed by atoms with Crippen molar-refractivity contribution < 1.29 is 23.8 Å². The van der Waals surface area contributed by atoms with Crippen LogP contribution in [0.2, 0.25) is 0 Å². The molecule has 0 fully saturated rings. The molecule has 0 aliphatic carbocycles. The van der Waals surface area contributed by atoms with Crippen molar-refractivity contribution >= 4 is 17.6 Å². The minimum Gasteiger partial charge on any atom is -0.493 e. The third-order valence-corrected chi connectivity index (χ3v) is 4.72. The Morgan fingerprint density at radius 2 is 1.97 bits per heavy atom. The molecule has 2 aromatic rings. The van der Waals surface area contributed by atoms with Gasteiger partial charge in [-0.2, -0.15) is 0 Å². The molecule has 152 valence electrons. The van der Waals surface area contributed by atoms with Crippen molar-refractivity contribution in [2.24, 2.45) is 0 Å². The van der Waals surface area contributed by atoms with Crippen LogP contribution < -0.4 is 14.4 Å². The van der Waals surface area contributed by atoms with E-state index >= 15 is 0 Å². The van der Waals surface area contributed by atoms with E-state index in [0.29, 0.717) is 24.5 Å². The lowest BCUT2D eigenvalue weighted by molar-refractivity contribution is -0.149. The van der Waals surface area contributed by atoms with Crippen LogP contribution in [0.3, 0.4) is 0 Å². The third-order valence-electron chi connectivity index (χ3n) is 4.72. The number of nitrogens with zero attached hydrogens (tertiary/aromatic N) is 1. The van der Waals surface area contributed by atoms with E-state index < -0.39 is 5.97 Å². The molecule has 0 bridgehead atoms. The summed E-state index contributed by atoms with van der Waals surface area (Å²) in [6, 6.07) is 13.2. The van der Waals surface area contributed by atoms with E-state index in [1.54, 1.807) is 17.0 Å². The summed E-state index contributed by atoms with van der Waals surface area (Å²) in [5.74, 6) is 0.115. The number of aryl methyl sites for hydroxylation is 1. The second-order valence-electron chi connectivity index (χ2n) is 6.71. The second kappa shape index (κ2) is 9.78. The molecular weight excluding hydrogens is 370 g/mol. The molecule has 6 nitrogen and oxygen atoms in total. The zero-order valence-electron chi connectivity index (χ0n) is 16.6. The summed E-state index contributed by atoms with van der Waals surface area (Å²) in [6.45, 7) is 3.72. The summed E-state index contributed by atoms with van der Waals surface area (Å²) < 4.78 is 15.9. The maximum atomic E-state index is 12.5. The van der Waals surface area contributed by atoms with Crippen LogP contribution in [0.1, 0.15) is 17.5 Å². The quantitative estimate of drug-likeness (QED) is 0.507. The van der Waals surface area contributed by atoms with Crippen LogP contribution in [-0.2, 0) is 27.2 Å². The smallest absolute Gasteiger partial charge is 0.344 e. The average molecular weight is 395 g/mol. The van der Waals surface area contributed by atoms with E-state index in [4.69, 9.17) is 14.2 Å². The monoisotopic (exact) mass is 395 g/mol. The summed E-state index contributed by atoms with van der Waals surface area (Å²) in [4.78, 5) is 26.2. The highest BCUT2D eigenvalue weighted by molar-refractivity contribution is 5.96. The molecule has 3 rings (SSSR count). The molecule has 1 aliphatic heterocycles. The van der Waals surface area contributed by atoms with Gasteiger partial charge in [0.2, 0.25) is 0 Å². The van der Waals surface area contributed by atoms with Gasteiger partial charge in [0.1, 0.15) is 0 Å². The Morgan fingerprint density at radius 3 is 2.76 bits per heavy atom. The number of carbonyl (C=O) groups is 2. The lowest BCUT2D eigenvalue weighted by Gasteiger charge is -2.29. The molecule has 1 aliphatic rings. The Kier molecular flexibility index (Phi) is 6.89. The van der Waals surface area contributed by atoms with Crippen molar-refractivity contribution in [1.29, 1.82) is 0 Å². The number of esters is 1. The second-order valence-corrected chi connectivity index (χ2v) is 6.71. The van der Waals surface area contributed by atoms with Crippen LogP contribution in [0.4, 0.5) is 5.69 Å². The Balaban J connectivity index is 1.52. The van der Waals surface area contributed by atoms with Crippen molar-refractivity contribution in [3.63, 3.8) is 0 Å². The lowest BCUT2D eigenvalue weighted by atomic mass is 10.0. The van der Waals surface area contributed by atoms with E-state index in [2.05, 4.69) is 6.58 Å². The SMILES string of the molecule is C=CCc1ccc(OCC(=O)OCC(=O)N2CCCc3ccccc32)c(OC)c1. The zero-order chi connectivity index (χ0) is 20.6. The first-order valence-corrected chi connectivity index (χ1v) is 9.57. The van der Waals surface area contributed by atoms with Crippen LogP contribution in [0, 0.1) is 0 Å². The number of fused-ring (bicyclic) bond motifs is 1. The van der Waals surface area contributed by atoms with Gasteiger partial charge in [-0.1, -0.05) is 30.3 Å². The molecule has 0 spiro atoms. The van der Waals surface area contributed by atoms with E-state index in [1.807, 2.05) is 36.4 Å². The Bertz CT molecular complexity index is 893. The maximum Gasteiger partial charge on any atom is 0.344 e. The first kappa shape index (κ1) is 20.5. The van der Waals surface area contributed by atoms with E-state index in [1.165, 1.54) is 7.11 Å². The molecule has 1 heterocycles. The molecule has 0 N–H and O–H groups in total. The number of benzene rings is 2. The molecule has 0 saturated carbocycles. The summed E-state index contributed by atoms with van der Waals surface area (Å²) in [5.41, 5.74) is 3.05. The highest BCUT2D eigenvalue weighted by Gasteiger charge is 2.23. The minimum atomic E-state index is -0.610. The van der Waals surface area contributed by atoms with Crippen LogP contribution in [-0.4, -0.2) is 38.7 Å². The third kappa shape index (κ3) is 5.16. The van der Waals surface area contributed by atoms with Gasteiger partial charge in [0, 0.05) is 12.2 Å². The molecule has 6 heteroatoms. The van der Waals surface area contributed by atoms with Gasteiger partial charge in [-0.25, -0.2) is 4.79 Å². The number of hydrogen-bond acceptors (Lipinski definition) is 5. The highest BCUT2D eigenvalue weighted by atomic mass is 16.6. The number of para-hydroxylation sites is 1. The lowest BCUT2D eigenvalue weighted by Crippen LogP contribution is -2.38. The normalized spacial score (nSPS) is 12.7. The highest BCUT2D eigenvalue weighted by Crippen LogP contribution is 2.29. The number of ether oxygens (including phenoxy) is 3. The van der Waals surface area contributed by atoms with Crippen LogP contribution in [0.25, 0.3) is 0 Å². The first-order valence-electron chi connectivity index (χ1n) is 9.57. The number of allylic oxidation sites excluding steroid dienone is 1. The fourth-order valence-corrected chi connectivity index (χ4v) is 3.32. The standard InChI is InChI=1S/C23H25NO5/c1-3-7-17-11-12-20(21(14-17)27-2)28-16-23(26)29-15-22(25)24-13-6-9-18-8-4-5-10-19(18)24/h3-5,8,10-12,14H,1,6-7,9,13,15-16H2,2H3. The van der Waals surface area contributed by atoms with Gasteiger partial charge in [0.15, 0.2) is 24.7 Å². The minimum absolute atomic E-state index is 0.239. The van der Waals surface area contributed by atoms with Gasteiger partial charge in [-0.05, 0) is 48.6 Å². The van der Waals surface area contributed by atoms with E-state index in [0.717, 1.165) is 29.7 Å². The molecule has 2 aromatic carbocycles. The van der Waals surface area contributed by atoms with Crippen molar-refractivity contribution in [2.45, 2.75) is 19.3 Å². The van der Waals surface area contributed by atoms with Gasteiger partial charge in [0.05, 0.1) is 7.11 Å². The number of rotatable bonds is 8. The van der Waals surface area contributed by atoms with Crippen LogP contribution in [0.5, 0.6) is 11.5 Å². The maximum absolute atomic E-state index is 12.5. The summed E-state index contributed by atoms with van der Waals surface area (Å²) in [6.07, 6.45) is 4.34. The summed E-state index contributed by atoms with van der Waals surface area (Å²) >= 11 is 0. The molecular formula is C23H25NO5. The van der Waals surface area contributed by atoms with Crippen molar-refractivity contribution in [3.8, 4) is 11.5 Å². The zero-order valence-corrected chi connectivity index (χ0v) is 16.6. The number of carbonyl (C=O) groups excluding carboxylic acids is 2. The Hall–Kier alpha value is -3.28. The predicted molar refractivity (Wildman–Crippen MR) is 110 cm³/mol. The van der Waals surface area contributed by atoms with Crippen LogP contribution >= 0.6 is 0 Å². The Morgan fingerprint density at radius 1 is 1.14 bits per heavy atom. The molecule has 1 amide bonds. The summed E-state index contributed by atoms with van der Waals surface area (Å²) in [7, 11) is 1.54. The molecule has 0 saturated heterocycles. The van der Waals surface area contributed by atoms with Gasteiger partial charge in [-0.15, -0.1) is 6.58 Å². The van der Waals surface area contributed by atoms with Crippen molar-refractivity contribution in [2.75, 3.05) is 31.8 Å². The van der Waals surface area contributed by atoms with Gasteiger partial charge >= 0.3 is 5.97 Å². The van der Waals surface area contributed by atoms with Gasteiger partial charge in [-0.3, -0.25) is 4.79 Å². The number of amides is 1. The average Bonchev–Trinajstić information content (AvgIpc) is 2.76. The number of methoxy groups -OCH3 is 1. The topological polar surface area (TPSA) is 65.1 Å². The van der Waals surface area contributed by atoms with Crippen LogP contribution in [0.15, 0.2) is 55.1 Å². The molecule has 0 atom stereocenters. The van der Waals surface area contributed by atoms with Crippen molar-refractivity contribution in [1.82, 2.24) is 0 Å². The summed E-state index contributed by atoms with van der Waals surface area (Å²) in [5, 5.41) is 0. The molecule has 0 unspecified atom stereocenters. The van der Waals surface area contributed by atoms with Crippen molar-refractivity contribution in [3.05, 3.63) is 66.2 Å². The molecule has 0 radical (unpaired) electrons. The van der Waals surface area contributed by atoms with E-state index in [-0.39, 0.29) is 19.1 Å². The van der Waals surface area contributed by atoms with Gasteiger partial charge < -0.3 is 19.1 Å².